The van der Waals surface area contributed by atoms with Crippen LogP contribution in [0.5, 0.6) is 0 Å². The molecule has 1 aliphatic rings. The molecule has 0 saturated heterocycles. The van der Waals surface area contributed by atoms with Crippen molar-refractivity contribution < 1.29 is 13.2 Å². The number of rotatable bonds is 5. The molecule has 0 aliphatic carbocycles. The topological polar surface area (TPSA) is 6.48 Å². The van der Waals surface area contributed by atoms with Crippen molar-refractivity contribution >= 4 is 0 Å². The van der Waals surface area contributed by atoms with Gasteiger partial charge in [-0.1, -0.05) is 32.0 Å². The van der Waals surface area contributed by atoms with E-state index in [1.54, 1.807) is 0 Å². The first-order chi connectivity index (χ1) is 10.3. The highest BCUT2D eigenvalue weighted by molar-refractivity contribution is 5.34. The van der Waals surface area contributed by atoms with Crippen molar-refractivity contribution in [1.82, 2.24) is 9.80 Å². The Balaban J connectivity index is 2.11. The summed E-state index contributed by atoms with van der Waals surface area (Å²) in [5, 5.41) is 0. The van der Waals surface area contributed by atoms with Gasteiger partial charge in [0, 0.05) is 19.1 Å². The van der Waals surface area contributed by atoms with E-state index in [-0.39, 0.29) is 6.04 Å². The molecule has 22 heavy (non-hydrogen) atoms. The van der Waals surface area contributed by atoms with Crippen LogP contribution in [0.15, 0.2) is 18.2 Å². The van der Waals surface area contributed by atoms with Crippen molar-refractivity contribution in [2.75, 3.05) is 19.6 Å². The van der Waals surface area contributed by atoms with Gasteiger partial charge in [0.05, 0.1) is 6.54 Å². The third-order valence-electron chi connectivity index (χ3n) is 4.47. The molecule has 0 fully saturated rings. The quantitative estimate of drug-likeness (QED) is 0.815. The fourth-order valence-electron chi connectivity index (χ4n) is 3.09. The molecule has 1 unspecified atom stereocenters. The first kappa shape index (κ1) is 17.3. The monoisotopic (exact) mass is 314 g/mol. The van der Waals surface area contributed by atoms with E-state index in [0.717, 1.165) is 25.2 Å². The van der Waals surface area contributed by atoms with E-state index in [1.807, 2.05) is 13.0 Å². The molecule has 1 aromatic carbocycles. The Morgan fingerprint density at radius 2 is 1.86 bits per heavy atom. The Morgan fingerprint density at radius 3 is 2.45 bits per heavy atom. The van der Waals surface area contributed by atoms with Crippen LogP contribution in [0, 0.1) is 0 Å². The molecule has 1 heterocycles. The molecule has 0 N–H and O–H groups in total. The van der Waals surface area contributed by atoms with Crippen LogP contribution in [0.4, 0.5) is 13.2 Å². The highest BCUT2D eigenvalue weighted by atomic mass is 19.4. The SMILES string of the molecule is CCN(CC)Cc1ccc2c(c1)CC(C)N(CC(F)(F)F)C2. The second-order valence-electron chi connectivity index (χ2n) is 6.14. The third kappa shape index (κ3) is 4.46. The molecule has 1 aromatic rings. The maximum Gasteiger partial charge on any atom is 0.401 e. The van der Waals surface area contributed by atoms with E-state index < -0.39 is 12.7 Å². The maximum atomic E-state index is 12.6. The number of fused-ring (bicyclic) bond motifs is 1. The minimum atomic E-state index is -4.13. The van der Waals surface area contributed by atoms with Gasteiger partial charge in [-0.3, -0.25) is 9.80 Å². The standard InChI is InChI=1S/C17H25F3N2/c1-4-21(5-2)10-14-6-7-15-11-22(12-17(18,19)20)13(3)8-16(15)9-14/h6-7,9,13H,4-5,8,10-12H2,1-3H3. The predicted molar refractivity (Wildman–Crippen MR) is 82.7 cm³/mol. The lowest BCUT2D eigenvalue weighted by Gasteiger charge is -2.35. The largest absolute Gasteiger partial charge is 0.401 e. The number of nitrogens with zero attached hydrogens (tertiary/aromatic N) is 2. The number of halogens is 3. The molecule has 0 aromatic heterocycles. The molecular weight excluding hydrogens is 289 g/mol. The average Bonchev–Trinajstić information content (AvgIpc) is 2.44. The highest BCUT2D eigenvalue weighted by Crippen LogP contribution is 2.28. The van der Waals surface area contributed by atoms with E-state index in [0.29, 0.717) is 13.0 Å². The molecule has 0 amide bonds. The Hall–Kier alpha value is -1.07. The second-order valence-corrected chi connectivity index (χ2v) is 6.14. The first-order valence-corrected chi connectivity index (χ1v) is 7.96. The first-order valence-electron chi connectivity index (χ1n) is 7.96. The Morgan fingerprint density at radius 1 is 1.18 bits per heavy atom. The summed E-state index contributed by atoms with van der Waals surface area (Å²) in [6.45, 7) is 8.63. The van der Waals surface area contributed by atoms with Gasteiger partial charge in [0.2, 0.25) is 0 Å². The van der Waals surface area contributed by atoms with E-state index in [4.69, 9.17) is 0 Å². The van der Waals surface area contributed by atoms with Gasteiger partial charge in [0.25, 0.3) is 0 Å². The summed E-state index contributed by atoms with van der Waals surface area (Å²) in [7, 11) is 0. The van der Waals surface area contributed by atoms with E-state index in [2.05, 4.69) is 30.9 Å². The average molecular weight is 314 g/mol. The lowest BCUT2D eigenvalue weighted by molar-refractivity contribution is -0.152. The van der Waals surface area contributed by atoms with Gasteiger partial charge >= 0.3 is 6.18 Å². The van der Waals surface area contributed by atoms with Crippen LogP contribution in [0.3, 0.4) is 0 Å². The van der Waals surface area contributed by atoms with Crippen LogP contribution in [-0.4, -0.2) is 41.7 Å². The zero-order valence-corrected chi connectivity index (χ0v) is 13.6. The van der Waals surface area contributed by atoms with Gasteiger partial charge < -0.3 is 0 Å². The number of hydrogen-bond acceptors (Lipinski definition) is 2. The van der Waals surface area contributed by atoms with Crippen molar-refractivity contribution in [3.8, 4) is 0 Å². The summed E-state index contributed by atoms with van der Waals surface area (Å²) in [4.78, 5) is 3.86. The molecule has 0 bridgehead atoms. The van der Waals surface area contributed by atoms with E-state index in [1.165, 1.54) is 16.0 Å². The van der Waals surface area contributed by atoms with Gasteiger partial charge in [-0.05, 0) is 43.1 Å². The summed E-state index contributed by atoms with van der Waals surface area (Å²) < 4.78 is 37.9. The minimum absolute atomic E-state index is 0.0715. The van der Waals surface area contributed by atoms with Crippen LogP contribution in [0.25, 0.3) is 0 Å². The summed E-state index contributed by atoms with van der Waals surface area (Å²) in [6, 6.07) is 6.16. The molecule has 0 radical (unpaired) electrons. The maximum absolute atomic E-state index is 12.6. The van der Waals surface area contributed by atoms with Crippen molar-refractivity contribution in [3.63, 3.8) is 0 Å². The number of alkyl halides is 3. The number of hydrogen-bond donors (Lipinski definition) is 0. The van der Waals surface area contributed by atoms with Crippen molar-refractivity contribution in [2.24, 2.45) is 0 Å². The van der Waals surface area contributed by atoms with Crippen LogP contribution in [0.2, 0.25) is 0 Å². The highest BCUT2D eigenvalue weighted by Gasteiger charge is 2.34. The van der Waals surface area contributed by atoms with Crippen molar-refractivity contribution in [1.29, 1.82) is 0 Å². The van der Waals surface area contributed by atoms with Crippen molar-refractivity contribution in [3.05, 3.63) is 34.9 Å². The molecule has 1 aliphatic heterocycles. The van der Waals surface area contributed by atoms with Gasteiger partial charge in [0.1, 0.15) is 0 Å². The fraction of sp³-hybridized carbons (Fsp3) is 0.647. The van der Waals surface area contributed by atoms with Gasteiger partial charge in [-0.15, -0.1) is 0 Å². The Kier molecular flexibility index (Phi) is 5.50. The van der Waals surface area contributed by atoms with Crippen LogP contribution >= 0.6 is 0 Å². The predicted octanol–water partition coefficient (Wildman–Crippen LogP) is 3.84. The fourth-order valence-corrected chi connectivity index (χ4v) is 3.09. The summed E-state index contributed by atoms with van der Waals surface area (Å²) in [6.07, 6.45) is -3.44. The summed E-state index contributed by atoms with van der Waals surface area (Å²) >= 11 is 0. The van der Waals surface area contributed by atoms with Gasteiger partial charge in [0.15, 0.2) is 0 Å². The molecule has 5 heteroatoms. The van der Waals surface area contributed by atoms with E-state index >= 15 is 0 Å². The third-order valence-corrected chi connectivity index (χ3v) is 4.47. The normalized spacial score (nSPS) is 19.5. The lowest BCUT2D eigenvalue weighted by Crippen LogP contribution is -2.43. The van der Waals surface area contributed by atoms with Gasteiger partial charge in [-0.25, -0.2) is 0 Å². The zero-order valence-electron chi connectivity index (χ0n) is 13.6. The van der Waals surface area contributed by atoms with Crippen LogP contribution < -0.4 is 0 Å². The Labute approximate surface area is 130 Å². The molecular formula is C17H25F3N2. The van der Waals surface area contributed by atoms with E-state index in [9.17, 15) is 13.2 Å². The lowest BCUT2D eigenvalue weighted by atomic mass is 9.93. The molecule has 124 valence electrons. The second kappa shape index (κ2) is 7.01. The van der Waals surface area contributed by atoms with Crippen LogP contribution in [-0.2, 0) is 19.5 Å². The van der Waals surface area contributed by atoms with Gasteiger partial charge in [-0.2, -0.15) is 13.2 Å². The van der Waals surface area contributed by atoms with Crippen molar-refractivity contribution in [2.45, 2.75) is 52.5 Å². The smallest absolute Gasteiger partial charge is 0.300 e. The minimum Gasteiger partial charge on any atom is -0.300 e. The molecule has 1 atom stereocenters. The molecule has 0 spiro atoms. The number of benzene rings is 1. The molecule has 2 rings (SSSR count). The van der Waals surface area contributed by atoms with Crippen LogP contribution in [0.1, 0.15) is 37.5 Å². The molecule has 0 saturated carbocycles. The zero-order chi connectivity index (χ0) is 16.3. The molecule has 2 nitrogen and oxygen atoms in total. The summed E-state index contributed by atoms with van der Waals surface area (Å²) in [5.41, 5.74) is 3.49. The Bertz CT molecular complexity index is 495. The summed E-state index contributed by atoms with van der Waals surface area (Å²) in [5.74, 6) is 0.